The van der Waals surface area contributed by atoms with E-state index >= 15 is 0 Å². The van der Waals surface area contributed by atoms with Gasteiger partial charge in [0.05, 0.1) is 6.61 Å². The van der Waals surface area contributed by atoms with Crippen molar-refractivity contribution in [3.8, 4) is 0 Å². The molecule has 0 aromatic carbocycles. The first-order chi connectivity index (χ1) is 9.29. The number of anilines is 1. The highest BCUT2D eigenvalue weighted by molar-refractivity contribution is 5.87. The molecule has 0 radical (unpaired) electrons. The molecule has 2 aromatic heterocycles. The van der Waals surface area contributed by atoms with E-state index in [1.807, 2.05) is 0 Å². The predicted molar refractivity (Wildman–Crippen MR) is 67.9 cm³/mol. The van der Waals surface area contributed by atoms with Gasteiger partial charge in [-0.25, -0.2) is 9.78 Å². The van der Waals surface area contributed by atoms with Crippen LogP contribution in [0.1, 0.15) is 29.7 Å². The van der Waals surface area contributed by atoms with Gasteiger partial charge in [0.2, 0.25) is 0 Å². The van der Waals surface area contributed by atoms with Crippen LogP contribution in [0.25, 0.3) is 0 Å². The van der Waals surface area contributed by atoms with Crippen molar-refractivity contribution in [3.05, 3.63) is 30.2 Å². The van der Waals surface area contributed by atoms with Crippen LogP contribution >= 0.6 is 0 Å². The number of H-pyrrole nitrogens is 1. The number of rotatable bonds is 7. The van der Waals surface area contributed by atoms with E-state index in [1.165, 1.54) is 6.26 Å². The highest BCUT2D eigenvalue weighted by Crippen LogP contribution is 2.08. The third-order valence-corrected chi connectivity index (χ3v) is 2.41. The molecule has 7 nitrogen and oxygen atoms in total. The van der Waals surface area contributed by atoms with E-state index in [9.17, 15) is 4.79 Å². The Labute approximate surface area is 110 Å². The first-order valence-corrected chi connectivity index (χ1v) is 6.14. The number of oxazole rings is 1. The average Bonchev–Trinajstić information content (AvgIpc) is 3.06. The minimum Gasteiger partial charge on any atom is -0.461 e. The zero-order valence-electron chi connectivity index (χ0n) is 10.7. The van der Waals surface area contributed by atoms with Gasteiger partial charge in [-0.3, -0.25) is 0 Å². The van der Waals surface area contributed by atoms with Crippen LogP contribution in [0.15, 0.2) is 23.1 Å². The van der Waals surface area contributed by atoms with Crippen molar-refractivity contribution in [2.75, 3.05) is 18.5 Å². The van der Waals surface area contributed by atoms with Gasteiger partial charge in [-0.2, -0.15) is 4.98 Å². The molecule has 102 valence electrons. The summed E-state index contributed by atoms with van der Waals surface area (Å²) in [6.07, 6.45) is 6.52. The largest absolute Gasteiger partial charge is 0.461 e. The highest BCUT2D eigenvalue weighted by atomic mass is 16.5. The molecular weight excluding hydrogens is 248 g/mol. The summed E-state index contributed by atoms with van der Waals surface area (Å²) in [7, 11) is 0. The van der Waals surface area contributed by atoms with E-state index in [0.29, 0.717) is 19.2 Å². The molecule has 2 heterocycles. The molecule has 7 heteroatoms. The number of hydrogen-bond donors (Lipinski definition) is 2. The standard InChI is InChI=1S/C12H16N4O3/c1-2-18-11(17)9-8-19-12(16-9)15-5-3-4-10-13-6-7-14-10/h6-8H,2-5H2,1H3,(H,13,14)(H,15,16). The van der Waals surface area contributed by atoms with Gasteiger partial charge in [0.25, 0.3) is 6.01 Å². The van der Waals surface area contributed by atoms with Crippen LogP contribution in [0.2, 0.25) is 0 Å². The maximum atomic E-state index is 11.4. The van der Waals surface area contributed by atoms with Crippen LogP contribution in [0, 0.1) is 0 Å². The summed E-state index contributed by atoms with van der Waals surface area (Å²) < 4.78 is 9.94. The normalized spacial score (nSPS) is 10.4. The van der Waals surface area contributed by atoms with Crippen molar-refractivity contribution in [1.82, 2.24) is 15.0 Å². The van der Waals surface area contributed by atoms with Gasteiger partial charge in [-0.05, 0) is 13.3 Å². The summed E-state index contributed by atoms with van der Waals surface area (Å²) in [6.45, 7) is 2.74. The third-order valence-electron chi connectivity index (χ3n) is 2.41. The summed E-state index contributed by atoms with van der Waals surface area (Å²) in [6, 6.07) is 0.322. The SMILES string of the molecule is CCOC(=O)c1coc(NCCCc2ncc[nH]2)n1. The molecule has 2 aromatic rings. The Morgan fingerprint density at radius 3 is 3.21 bits per heavy atom. The molecule has 0 amide bonds. The van der Waals surface area contributed by atoms with Crippen LogP contribution in [0.3, 0.4) is 0 Å². The van der Waals surface area contributed by atoms with E-state index in [4.69, 9.17) is 9.15 Å². The van der Waals surface area contributed by atoms with Crippen molar-refractivity contribution in [3.63, 3.8) is 0 Å². The molecule has 0 bridgehead atoms. The highest BCUT2D eigenvalue weighted by Gasteiger charge is 2.12. The molecule has 0 saturated carbocycles. The minimum atomic E-state index is -0.477. The Hall–Kier alpha value is -2.31. The quantitative estimate of drug-likeness (QED) is 0.583. The van der Waals surface area contributed by atoms with Gasteiger partial charge in [0, 0.05) is 25.4 Å². The van der Waals surface area contributed by atoms with Crippen LogP contribution in [-0.4, -0.2) is 34.1 Å². The molecule has 0 unspecified atom stereocenters. The Morgan fingerprint density at radius 1 is 1.58 bits per heavy atom. The van der Waals surface area contributed by atoms with Crippen molar-refractivity contribution >= 4 is 12.0 Å². The number of ether oxygens (including phenoxy) is 1. The van der Waals surface area contributed by atoms with E-state index in [-0.39, 0.29) is 5.69 Å². The summed E-state index contributed by atoms with van der Waals surface area (Å²) in [4.78, 5) is 22.5. The van der Waals surface area contributed by atoms with Gasteiger partial charge in [-0.1, -0.05) is 0 Å². The number of imidazole rings is 1. The number of carbonyl (C=O) groups excluding carboxylic acids is 1. The van der Waals surface area contributed by atoms with E-state index in [0.717, 1.165) is 18.7 Å². The van der Waals surface area contributed by atoms with Gasteiger partial charge in [-0.15, -0.1) is 0 Å². The summed E-state index contributed by atoms with van der Waals surface area (Å²) in [5, 5.41) is 3.00. The fourth-order valence-electron chi connectivity index (χ4n) is 1.54. The second-order valence-electron chi connectivity index (χ2n) is 3.82. The van der Waals surface area contributed by atoms with Gasteiger partial charge >= 0.3 is 5.97 Å². The number of hydrogen-bond acceptors (Lipinski definition) is 6. The zero-order valence-corrected chi connectivity index (χ0v) is 10.7. The van der Waals surface area contributed by atoms with Crippen molar-refractivity contribution in [2.45, 2.75) is 19.8 Å². The molecular formula is C12H16N4O3. The average molecular weight is 264 g/mol. The Kier molecular flexibility index (Phi) is 4.54. The first-order valence-electron chi connectivity index (χ1n) is 6.14. The van der Waals surface area contributed by atoms with Crippen LogP contribution < -0.4 is 5.32 Å². The number of aromatic nitrogens is 3. The van der Waals surface area contributed by atoms with Crippen molar-refractivity contribution in [1.29, 1.82) is 0 Å². The van der Waals surface area contributed by atoms with Gasteiger partial charge < -0.3 is 19.5 Å². The molecule has 2 N–H and O–H groups in total. The second kappa shape index (κ2) is 6.58. The van der Waals surface area contributed by atoms with Crippen LogP contribution in [0.4, 0.5) is 6.01 Å². The summed E-state index contributed by atoms with van der Waals surface area (Å²) in [5.41, 5.74) is 0.176. The Balaban J connectivity index is 1.72. The Morgan fingerprint density at radius 2 is 2.47 bits per heavy atom. The molecule has 0 aliphatic rings. The Bertz CT molecular complexity index is 507. The maximum Gasteiger partial charge on any atom is 0.360 e. The maximum absolute atomic E-state index is 11.4. The first kappa shape index (κ1) is 13.1. The lowest BCUT2D eigenvalue weighted by atomic mass is 10.3. The molecule has 2 rings (SSSR count). The number of nitrogens with zero attached hydrogens (tertiary/aromatic N) is 2. The van der Waals surface area contributed by atoms with Gasteiger partial charge in [0.15, 0.2) is 5.69 Å². The molecule has 0 aliphatic carbocycles. The summed E-state index contributed by atoms with van der Waals surface area (Å²) in [5.74, 6) is 0.469. The predicted octanol–water partition coefficient (Wildman–Crippen LogP) is 1.62. The number of aromatic amines is 1. The number of carbonyl (C=O) groups is 1. The lowest BCUT2D eigenvalue weighted by molar-refractivity contribution is 0.0519. The molecule has 0 aliphatic heterocycles. The van der Waals surface area contributed by atoms with E-state index in [2.05, 4.69) is 20.3 Å². The zero-order chi connectivity index (χ0) is 13.5. The van der Waals surface area contributed by atoms with Crippen LogP contribution in [0.5, 0.6) is 0 Å². The topological polar surface area (TPSA) is 93.0 Å². The molecule has 0 atom stereocenters. The number of aryl methyl sites for hydroxylation is 1. The number of nitrogens with one attached hydrogen (secondary N) is 2. The van der Waals surface area contributed by atoms with Crippen LogP contribution in [-0.2, 0) is 11.2 Å². The fraction of sp³-hybridized carbons (Fsp3) is 0.417. The van der Waals surface area contributed by atoms with Crippen molar-refractivity contribution in [2.24, 2.45) is 0 Å². The lowest BCUT2D eigenvalue weighted by Crippen LogP contribution is -2.07. The monoisotopic (exact) mass is 264 g/mol. The third kappa shape index (κ3) is 3.84. The molecule has 19 heavy (non-hydrogen) atoms. The molecule has 0 saturated heterocycles. The molecule has 0 spiro atoms. The summed E-state index contributed by atoms with van der Waals surface area (Å²) >= 11 is 0. The van der Waals surface area contributed by atoms with Gasteiger partial charge in [0.1, 0.15) is 12.1 Å². The smallest absolute Gasteiger partial charge is 0.360 e. The van der Waals surface area contributed by atoms with E-state index in [1.54, 1.807) is 19.3 Å². The second-order valence-corrected chi connectivity index (χ2v) is 3.82. The fourth-order valence-corrected chi connectivity index (χ4v) is 1.54. The molecule has 0 fully saturated rings. The van der Waals surface area contributed by atoms with E-state index < -0.39 is 5.97 Å². The lowest BCUT2D eigenvalue weighted by Gasteiger charge is -1.99. The van der Waals surface area contributed by atoms with Crippen molar-refractivity contribution < 1.29 is 13.9 Å². The minimum absolute atomic E-state index is 0.176. The number of esters is 1.